The summed E-state index contributed by atoms with van der Waals surface area (Å²) in [4.78, 5) is 0. The third kappa shape index (κ3) is 14.9. The van der Waals surface area contributed by atoms with Gasteiger partial charge in [0.25, 0.3) is 0 Å². The van der Waals surface area contributed by atoms with Crippen molar-refractivity contribution in [2.45, 2.75) is 129 Å². The summed E-state index contributed by atoms with van der Waals surface area (Å²) in [6, 6.07) is 18.6. The van der Waals surface area contributed by atoms with Crippen molar-refractivity contribution < 1.29 is 4.74 Å². The van der Waals surface area contributed by atoms with Gasteiger partial charge in [-0.1, -0.05) is 146 Å². The summed E-state index contributed by atoms with van der Waals surface area (Å²) >= 11 is 0. The van der Waals surface area contributed by atoms with Gasteiger partial charge in [0.1, 0.15) is 11.5 Å². The minimum atomic E-state index is 0.897. The first-order valence-corrected chi connectivity index (χ1v) is 14.2. The molecule has 0 saturated heterocycles. The summed E-state index contributed by atoms with van der Waals surface area (Å²) in [6.45, 7) is 2.30. The Bertz CT molecular complexity index is 661. The lowest BCUT2D eigenvalue weighted by atomic mass is 10.0. The Morgan fingerprint density at radius 2 is 0.818 bits per heavy atom. The molecule has 0 N–H and O–H groups in total. The van der Waals surface area contributed by atoms with Gasteiger partial charge >= 0.3 is 0 Å². The van der Waals surface area contributed by atoms with Gasteiger partial charge in [-0.3, -0.25) is 0 Å². The maximum Gasteiger partial charge on any atom is 0.127 e. The summed E-state index contributed by atoms with van der Waals surface area (Å²) in [7, 11) is 0. The van der Waals surface area contributed by atoms with Crippen LogP contribution in [-0.4, -0.2) is 0 Å². The van der Waals surface area contributed by atoms with Gasteiger partial charge in [0.2, 0.25) is 0 Å². The lowest BCUT2D eigenvalue weighted by Gasteiger charge is -2.07. The van der Waals surface area contributed by atoms with Crippen molar-refractivity contribution in [2.75, 3.05) is 0 Å². The zero-order chi connectivity index (χ0) is 23.2. The highest BCUT2D eigenvalue weighted by atomic mass is 16.5. The molecule has 0 fully saturated rings. The molecular formula is C32H50O. The van der Waals surface area contributed by atoms with Crippen LogP contribution in [0.3, 0.4) is 0 Å². The molecule has 0 amide bonds. The summed E-state index contributed by atoms with van der Waals surface area (Å²) in [5.74, 6) is 1.82. The second kappa shape index (κ2) is 19.7. The Kier molecular flexibility index (Phi) is 16.4. The van der Waals surface area contributed by atoms with Gasteiger partial charge in [-0.25, -0.2) is 0 Å². The highest BCUT2D eigenvalue weighted by Crippen LogP contribution is 2.22. The molecule has 0 bridgehead atoms. The van der Waals surface area contributed by atoms with Gasteiger partial charge in [0.05, 0.1) is 0 Å². The Morgan fingerprint density at radius 3 is 1.27 bits per heavy atom. The highest BCUT2D eigenvalue weighted by Gasteiger charge is 1.99. The molecule has 2 rings (SSSR count). The molecule has 0 aromatic heterocycles. The second-order valence-corrected chi connectivity index (χ2v) is 9.82. The van der Waals surface area contributed by atoms with Crippen LogP contribution in [0.15, 0.2) is 54.6 Å². The van der Waals surface area contributed by atoms with Crippen molar-refractivity contribution in [1.29, 1.82) is 0 Å². The van der Waals surface area contributed by atoms with Crippen molar-refractivity contribution in [3.63, 3.8) is 0 Å². The lowest BCUT2D eigenvalue weighted by molar-refractivity contribution is 0.482. The Labute approximate surface area is 205 Å². The molecule has 0 aliphatic rings. The number of aryl methyl sites for hydroxylation is 1. The Hall–Kier alpha value is -1.76. The van der Waals surface area contributed by atoms with Crippen molar-refractivity contribution in [3.05, 3.63) is 60.2 Å². The maximum absolute atomic E-state index is 5.88. The Morgan fingerprint density at radius 1 is 0.424 bits per heavy atom. The number of hydrogen-bond acceptors (Lipinski definition) is 1. The van der Waals surface area contributed by atoms with E-state index in [0.717, 1.165) is 11.5 Å². The lowest BCUT2D eigenvalue weighted by Crippen LogP contribution is -1.88. The number of ether oxygens (including phenoxy) is 1. The van der Waals surface area contributed by atoms with Crippen LogP contribution in [0.5, 0.6) is 11.5 Å². The predicted octanol–water partition coefficient (Wildman–Crippen LogP) is 11.1. The van der Waals surface area contributed by atoms with E-state index in [0.29, 0.717) is 0 Å². The standard InChI is InChI=1S/C32H50O/c1-2-3-4-5-6-7-8-9-10-11-12-13-14-15-16-17-18-20-23-30-26-28-32(29-27-30)33-31-24-21-19-22-25-31/h19,21-22,24-29H,2-18,20,23H2,1H3. The van der Waals surface area contributed by atoms with Crippen molar-refractivity contribution in [2.24, 2.45) is 0 Å². The molecule has 0 unspecified atom stereocenters. The molecule has 33 heavy (non-hydrogen) atoms. The molecule has 0 spiro atoms. The largest absolute Gasteiger partial charge is 0.457 e. The van der Waals surface area contributed by atoms with Gasteiger partial charge in [-0.05, 0) is 42.7 Å². The summed E-state index contributed by atoms with van der Waals surface area (Å²) < 4.78 is 5.88. The van der Waals surface area contributed by atoms with Gasteiger partial charge in [-0.2, -0.15) is 0 Å². The molecule has 0 saturated carbocycles. The van der Waals surface area contributed by atoms with Crippen LogP contribution in [0, 0.1) is 0 Å². The van der Waals surface area contributed by atoms with Gasteiger partial charge in [0.15, 0.2) is 0 Å². The van der Waals surface area contributed by atoms with E-state index >= 15 is 0 Å². The third-order valence-corrected chi connectivity index (χ3v) is 6.72. The van der Waals surface area contributed by atoms with E-state index in [-0.39, 0.29) is 0 Å². The van der Waals surface area contributed by atoms with Crippen LogP contribution in [0.4, 0.5) is 0 Å². The Balaban J connectivity index is 1.33. The smallest absolute Gasteiger partial charge is 0.127 e. The monoisotopic (exact) mass is 450 g/mol. The number of rotatable bonds is 21. The first kappa shape index (κ1) is 27.5. The number of benzene rings is 2. The molecule has 0 radical (unpaired) electrons. The van der Waals surface area contributed by atoms with E-state index in [2.05, 4.69) is 31.2 Å². The molecule has 0 heterocycles. The predicted molar refractivity (Wildman–Crippen MR) is 145 cm³/mol. The van der Waals surface area contributed by atoms with Crippen LogP contribution in [0.2, 0.25) is 0 Å². The van der Waals surface area contributed by atoms with Crippen molar-refractivity contribution >= 4 is 0 Å². The van der Waals surface area contributed by atoms with Crippen LogP contribution < -0.4 is 4.74 Å². The normalized spacial score (nSPS) is 11.1. The average Bonchev–Trinajstić information content (AvgIpc) is 2.85. The molecular weight excluding hydrogens is 400 g/mol. The highest BCUT2D eigenvalue weighted by molar-refractivity contribution is 5.32. The maximum atomic E-state index is 5.88. The minimum absolute atomic E-state index is 0.897. The van der Waals surface area contributed by atoms with Crippen molar-refractivity contribution in [3.8, 4) is 11.5 Å². The van der Waals surface area contributed by atoms with Crippen LogP contribution >= 0.6 is 0 Å². The first-order chi connectivity index (χ1) is 16.4. The fourth-order valence-corrected chi connectivity index (χ4v) is 4.58. The fourth-order valence-electron chi connectivity index (χ4n) is 4.58. The van der Waals surface area contributed by atoms with Gasteiger partial charge in [0, 0.05) is 0 Å². The second-order valence-electron chi connectivity index (χ2n) is 9.82. The quantitative estimate of drug-likeness (QED) is 0.172. The van der Waals surface area contributed by atoms with Crippen LogP contribution in [0.25, 0.3) is 0 Å². The molecule has 2 aromatic carbocycles. The SMILES string of the molecule is CCCCCCCCCCCCCCCCCCCCc1ccc(Oc2ccccc2)cc1. The number of hydrogen-bond donors (Lipinski definition) is 0. The fraction of sp³-hybridized carbons (Fsp3) is 0.625. The van der Waals surface area contributed by atoms with Crippen LogP contribution in [0.1, 0.15) is 128 Å². The summed E-state index contributed by atoms with van der Waals surface area (Å²) in [5, 5.41) is 0. The number of para-hydroxylation sites is 1. The van der Waals surface area contributed by atoms with E-state index in [4.69, 9.17) is 4.74 Å². The minimum Gasteiger partial charge on any atom is -0.457 e. The van der Waals surface area contributed by atoms with Crippen LogP contribution in [-0.2, 0) is 6.42 Å². The topological polar surface area (TPSA) is 9.23 Å². The van der Waals surface area contributed by atoms with E-state index in [1.165, 1.54) is 128 Å². The zero-order valence-electron chi connectivity index (χ0n) is 21.5. The van der Waals surface area contributed by atoms with Crippen molar-refractivity contribution in [1.82, 2.24) is 0 Å². The zero-order valence-corrected chi connectivity index (χ0v) is 21.5. The molecule has 0 aliphatic carbocycles. The average molecular weight is 451 g/mol. The molecule has 1 heteroatoms. The first-order valence-electron chi connectivity index (χ1n) is 14.2. The molecule has 0 atom stereocenters. The van der Waals surface area contributed by atoms with E-state index in [9.17, 15) is 0 Å². The van der Waals surface area contributed by atoms with E-state index < -0.39 is 0 Å². The molecule has 0 aliphatic heterocycles. The molecule has 184 valence electrons. The van der Waals surface area contributed by atoms with Gasteiger partial charge in [-0.15, -0.1) is 0 Å². The van der Waals surface area contributed by atoms with E-state index in [1.54, 1.807) is 0 Å². The molecule has 2 aromatic rings. The third-order valence-electron chi connectivity index (χ3n) is 6.72. The summed E-state index contributed by atoms with van der Waals surface area (Å²) in [5.41, 5.74) is 1.42. The van der Waals surface area contributed by atoms with Gasteiger partial charge < -0.3 is 4.74 Å². The van der Waals surface area contributed by atoms with E-state index in [1.807, 2.05) is 30.3 Å². The number of unbranched alkanes of at least 4 members (excludes halogenated alkanes) is 17. The molecule has 1 nitrogen and oxygen atoms in total. The summed E-state index contributed by atoms with van der Waals surface area (Å²) in [6.07, 6.45) is 27.0.